The van der Waals surface area contributed by atoms with Crippen LogP contribution in [0.3, 0.4) is 0 Å². The summed E-state index contributed by atoms with van der Waals surface area (Å²) in [5.41, 5.74) is 2.79. The number of rotatable bonds is 5. The molecule has 32 heavy (non-hydrogen) atoms. The van der Waals surface area contributed by atoms with E-state index in [2.05, 4.69) is 10.1 Å². The van der Waals surface area contributed by atoms with Crippen LogP contribution >= 0.6 is 0 Å². The number of carbonyl (C=O) groups is 1. The molecule has 0 spiro atoms. The van der Waals surface area contributed by atoms with Gasteiger partial charge < -0.3 is 14.2 Å². The van der Waals surface area contributed by atoms with Crippen LogP contribution in [0.25, 0.3) is 11.4 Å². The molecule has 5 rings (SSSR count). The minimum atomic E-state index is -0.313. The molecule has 1 amide bonds. The highest BCUT2D eigenvalue weighted by Gasteiger charge is 2.35. The Morgan fingerprint density at radius 2 is 1.62 bits per heavy atom. The molecule has 1 aliphatic heterocycles. The van der Waals surface area contributed by atoms with E-state index in [1.807, 2.05) is 43.3 Å². The Balaban J connectivity index is 1.28. The van der Waals surface area contributed by atoms with E-state index >= 15 is 0 Å². The van der Waals surface area contributed by atoms with Crippen LogP contribution < -0.4 is 9.64 Å². The molecular formula is C25H20FN3O3. The second-order valence-corrected chi connectivity index (χ2v) is 7.78. The summed E-state index contributed by atoms with van der Waals surface area (Å²) in [6, 6.07) is 20.9. The predicted molar refractivity (Wildman–Crippen MR) is 117 cm³/mol. The first kappa shape index (κ1) is 19.9. The number of ether oxygens (including phenoxy) is 1. The van der Waals surface area contributed by atoms with Gasteiger partial charge in [0.05, 0.1) is 5.92 Å². The molecule has 1 fully saturated rings. The van der Waals surface area contributed by atoms with E-state index in [9.17, 15) is 9.18 Å². The Labute approximate surface area is 184 Å². The Morgan fingerprint density at radius 3 is 2.31 bits per heavy atom. The lowest BCUT2D eigenvalue weighted by Crippen LogP contribution is -2.24. The van der Waals surface area contributed by atoms with Gasteiger partial charge >= 0.3 is 0 Å². The Hall–Kier alpha value is -4.00. The summed E-state index contributed by atoms with van der Waals surface area (Å²) in [6.45, 7) is 2.52. The van der Waals surface area contributed by atoms with Crippen LogP contribution in [0, 0.1) is 12.7 Å². The van der Waals surface area contributed by atoms with E-state index in [1.165, 1.54) is 12.1 Å². The number of hydrogen-bond donors (Lipinski definition) is 0. The van der Waals surface area contributed by atoms with Gasteiger partial charge in [0.1, 0.15) is 17.3 Å². The smallest absolute Gasteiger partial charge is 0.232 e. The lowest BCUT2D eigenvalue weighted by Gasteiger charge is -2.16. The summed E-state index contributed by atoms with van der Waals surface area (Å²) in [7, 11) is 0. The third kappa shape index (κ3) is 4.09. The minimum Gasteiger partial charge on any atom is -0.457 e. The second kappa shape index (κ2) is 8.26. The van der Waals surface area contributed by atoms with Crippen LogP contribution in [0.2, 0.25) is 0 Å². The Kier molecular flexibility index (Phi) is 5.15. The van der Waals surface area contributed by atoms with Gasteiger partial charge in [0.2, 0.25) is 17.6 Å². The van der Waals surface area contributed by atoms with Crippen molar-refractivity contribution in [2.75, 3.05) is 11.4 Å². The maximum atomic E-state index is 13.0. The van der Waals surface area contributed by atoms with Crippen molar-refractivity contribution in [2.24, 2.45) is 0 Å². The number of aryl methyl sites for hydroxylation is 1. The first-order chi connectivity index (χ1) is 15.5. The van der Waals surface area contributed by atoms with E-state index in [0.29, 0.717) is 36.2 Å². The second-order valence-electron chi connectivity index (χ2n) is 7.78. The van der Waals surface area contributed by atoms with Gasteiger partial charge in [0, 0.05) is 24.2 Å². The maximum Gasteiger partial charge on any atom is 0.232 e. The summed E-state index contributed by atoms with van der Waals surface area (Å²) in [6.07, 6.45) is 0.333. The molecule has 1 atom stereocenters. The van der Waals surface area contributed by atoms with Gasteiger partial charge in [-0.2, -0.15) is 4.98 Å². The molecule has 160 valence electrons. The molecule has 3 aromatic carbocycles. The zero-order chi connectivity index (χ0) is 22.1. The molecule has 0 unspecified atom stereocenters. The van der Waals surface area contributed by atoms with Crippen LogP contribution in [-0.4, -0.2) is 22.6 Å². The molecule has 2 heterocycles. The monoisotopic (exact) mass is 429 g/mol. The summed E-state index contributed by atoms with van der Waals surface area (Å²) in [5.74, 6) is 1.65. The fourth-order valence-corrected chi connectivity index (χ4v) is 3.68. The van der Waals surface area contributed by atoms with E-state index in [1.54, 1.807) is 29.2 Å². The van der Waals surface area contributed by atoms with Crippen molar-refractivity contribution >= 4 is 11.6 Å². The van der Waals surface area contributed by atoms with Crippen molar-refractivity contribution in [3.8, 4) is 22.9 Å². The number of hydrogen-bond acceptors (Lipinski definition) is 5. The fourth-order valence-electron chi connectivity index (χ4n) is 3.68. The first-order valence-corrected chi connectivity index (χ1v) is 10.3. The SMILES string of the molecule is Cc1ccc(N2C[C@@H](c3nc(-c4ccc(Oc5ccc(F)cc5)cc4)no3)CC2=O)cc1. The molecular weight excluding hydrogens is 409 g/mol. The number of anilines is 1. The minimum absolute atomic E-state index is 0.0425. The number of carbonyl (C=O) groups excluding carboxylic acids is 1. The molecule has 0 bridgehead atoms. The number of halogens is 1. The highest BCUT2D eigenvalue weighted by Crippen LogP contribution is 2.32. The number of benzene rings is 3. The van der Waals surface area contributed by atoms with Gasteiger partial charge in [0.25, 0.3) is 0 Å². The van der Waals surface area contributed by atoms with Crippen molar-refractivity contribution in [3.05, 3.63) is 90.1 Å². The van der Waals surface area contributed by atoms with Crippen molar-refractivity contribution in [1.82, 2.24) is 10.1 Å². The van der Waals surface area contributed by atoms with Crippen molar-refractivity contribution < 1.29 is 18.4 Å². The number of amides is 1. The summed E-state index contributed by atoms with van der Waals surface area (Å²) >= 11 is 0. The zero-order valence-electron chi connectivity index (χ0n) is 17.4. The molecule has 1 saturated heterocycles. The van der Waals surface area contributed by atoms with Crippen LogP contribution in [-0.2, 0) is 4.79 Å². The number of aromatic nitrogens is 2. The highest BCUT2D eigenvalue weighted by molar-refractivity contribution is 5.96. The van der Waals surface area contributed by atoms with E-state index in [-0.39, 0.29) is 17.6 Å². The fraction of sp³-hybridized carbons (Fsp3) is 0.160. The Bertz CT molecular complexity index is 1230. The first-order valence-electron chi connectivity index (χ1n) is 10.3. The standard InChI is InChI=1S/C25H20FN3O3/c1-16-2-8-20(9-3-16)29-15-18(14-23(29)30)25-27-24(28-32-25)17-4-10-21(11-5-17)31-22-12-6-19(26)7-13-22/h2-13,18H,14-15H2,1H3/t18-/m0/s1. The summed E-state index contributed by atoms with van der Waals surface area (Å²) < 4.78 is 24.2. The Morgan fingerprint density at radius 1 is 0.969 bits per heavy atom. The van der Waals surface area contributed by atoms with Crippen LogP contribution in [0.5, 0.6) is 11.5 Å². The van der Waals surface area contributed by atoms with Crippen LogP contribution in [0.4, 0.5) is 10.1 Å². The molecule has 0 aliphatic carbocycles. The van der Waals surface area contributed by atoms with Crippen molar-refractivity contribution in [2.45, 2.75) is 19.3 Å². The van der Waals surface area contributed by atoms with Gasteiger partial charge in [-0.05, 0) is 67.6 Å². The molecule has 7 heteroatoms. The third-order valence-corrected chi connectivity index (χ3v) is 5.42. The molecule has 0 radical (unpaired) electrons. The molecule has 4 aromatic rings. The van der Waals surface area contributed by atoms with Crippen molar-refractivity contribution in [3.63, 3.8) is 0 Å². The molecule has 1 aliphatic rings. The molecule has 0 N–H and O–H groups in total. The van der Waals surface area contributed by atoms with Gasteiger partial charge in [-0.15, -0.1) is 0 Å². The normalized spacial score (nSPS) is 15.9. The topological polar surface area (TPSA) is 68.5 Å². The molecule has 6 nitrogen and oxygen atoms in total. The molecule has 1 aromatic heterocycles. The maximum absolute atomic E-state index is 13.0. The number of nitrogens with zero attached hydrogens (tertiary/aromatic N) is 3. The third-order valence-electron chi connectivity index (χ3n) is 5.42. The quantitative estimate of drug-likeness (QED) is 0.419. The van der Waals surface area contributed by atoms with Gasteiger partial charge in [0.15, 0.2) is 0 Å². The van der Waals surface area contributed by atoms with Crippen LogP contribution in [0.1, 0.15) is 23.8 Å². The van der Waals surface area contributed by atoms with Crippen molar-refractivity contribution in [1.29, 1.82) is 0 Å². The van der Waals surface area contributed by atoms with Gasteiger partial charge in [-0.1, -0.05) is 22.9 Å². The average Bonchev–Trinajstić information content (AvgIpc) is 3.44. The van der Waals surface area contributed by atoms with Gasteiger partial charge in [-0.25, -0.2) is 4.39 Å². The summed E-state index contributed by atoms with van der Waals surface area (Å²) in [5, 5.41) is 4.09. The predicted octanol–water partition coefficient (Wildman–Crippen LogP) is 5.50. The van der Waals surface area contributed by atoms with E-state index < -0.39 is 0 Å². The molecule has 0 saturated carbocycles. The lowest BCUT2D eigenvalue weighted by molar-refractivity contribution is -0.117. The van der Waals surface area contributed by atoms with Crippen LogP contribution in [0.15, 0.2) is 77.3 Å². The van der Waals surface area contributed by atoms with E-state index in [0.717, 1.165) is 16.8 Å². The highest BCUT2D eigenvalue weighted by atomic mass is 19.1. The lowest BCUT2D eigenvalue weighted by atomic mass is 10.1. The summed E-state index contributed by atoms with van der Waals surface area (Å²) in [4.78, 5) is 18.8. The van der Waals surface area contributed by atoms with E-state index in [4.69, 9.17) is 9.26 Å². The van der Waals surface area contributed by atoms with Gasteiger partial charge in [-0.3, -0.25) is 4.79 Å². The average molecular weight is 429 g/mol. The zero-order valence-corrected chi connectivity index (χ0v) is 17.4. The largest absolute Gasteiger partial charge is 0.457 e.